The van der Waals surface area contributed by atoms with E-state index in [2.05, 4.69) is 14.2 Å². The number of carbonyl (C=O) groups excluding carboxylic acids is 1. The smallest absolute Gasteiger partial charge is 0.259 e. The van der Waals surface area contributed by atoms with Crippen LogP contribution in [0, 0.1) is 0 Å². The van der Waals surface area contributed by atoms with Crippen LogP contribution in [-0.4, -0.2) is 50.8 Å². The van der Waals surface area contributed by atoms with Crippen LogP contribution in [0.4, 0.5) is 11.4 Å². The normalized spacial score (nSPS) is 22.0. The average Bonchev–Trinajstić information content (AvgIpc) is 3.49. The Morgan fingerprint density at radius 3 is 2.63 bits per heavy atom. The highest BCUT2D eigenvalue weighted by Crippen LogP contribution is 2.43. The van der Waals surface area contributed by atoms with Crippen LogP contribution >= 0.6 is 11.6 Å². The van der Waals surface area contributed by atoms with Crippen LogP contribution in [0.2, 0.25) is 5.02 Å². The Morgan fingerprint density at radius 1 is 1.20 bits per heavy atom. The summed E-state index contributed by atoms with van der Waals surface area (Å²) in [5.74, 6) is -0.0390. The van der Waals surface area contributed by atoms with Crippen LogP contribution in [0.1, 0.15) is 42.6 Å². The number of halogens is 1. The molecule has 30 heavy (non-hydrogen) atoms. The van der Waals surface area contributed by atoms with E-state index in [1.165, 1.54) is 0 Å². The third kappa shape index (κ3) is 3.15. The number of benzene rings is 1. The van der Waals surface area contributed by atoms with Crippen molar-refractivity contribution in [1.29, 1.82) is 0 Å². The number of nitrogens with zero attached hydrogens (tertiary/aromatic N) is 4. The molecule has 1 atom stereocenters. The summed E-state index contributed by atoms with van der Waals surface area (Å²) < 4.78 is 14.4. The first kappa shape index (κ1) is 20.0. The molecule has 2 aromatic rings. The molecule has 0 bridgehead atoms. The van der Waals surface area contributed by atoms with Gasteiger partial charge in [-0.15, -0.1) is 0 Å². The van der Waals surface area contributed by atoms with Gasteiger partial charge in [-0.05, 0) is 56.5 Å². The van der Waals surface area contributed by atoms with E-state index < -0.39 is 16.5 Å². The monoisotopic (exact) mass is 444 g/mol. The molecule has 1 aromatic carbocycles. The molecule has 0 N–H and O–H groups in total. The van der Waals surface area contributed by atoms with Gasteiger partial charge in [0.2, 0.25) is 0 Å². The van der Waals surface area contributed by atoms with Crippen LogP contribution in [-0.2, 0) is 16.5 Å². The molecular weight excluding hydrogens is 420 g/mol. The quantitative estimate of drug-likeness (QED) is 0.707. The molecule has 5 rings (SSSR count). The Morgan fingerprint density at radius 2 is 1.93 bits per heavy atom. The van der Waals surface area contributed by atoms with E-state index in [0.717, 1.165) is 42.9 Å². The summed E-state index contributed by atoms with van der Waals surface area (Å²) in [5, 5.41) is 1.00. The summed E-state index contributed by atoms with van der Waals surface area (Å²) in [5.41, 5.74) is 2.80. The largest absolute Gasteiger partial charge is 0.368 e. The number of hydrogen-bond donors (Lipinski definition) is 0. The zero-order valence-electron chi connectivity index (χ0n) is 17.3. The number of rotatable bonds is 5. The van der Waals surface area contributed by atoms with Crippen LogP contribution in [0.25, 0.3) is 0 Å². The van der Waals surface area contributed by atoms with Gasteiger partial charge < -0.3 is 4.90 Å². The second-order valence-electron chi connectivity index (χ2n) is 8.88. The lowest BCUT2D eigenvalue weighted by Gasteiger charge is -2.44. The number of aromatic nitrogens is 1. The van der Waals surface area contributed by atoms with E-state index in [9.17, 15) is 9.00 Å². The molecule has 0 radical (unpaired) electrons. The second-order valence-corrected chi connectivity index (χ2v) is 11.0. The molecule has 1 saturated carbocycles. The van der Waals surface area contributed by atoms with Gasteiger partial charge in [0.1, 0.15) is 0 Å². The summed E-state index contributed by atoms with van der Waals surface area (Å²) in [6.45, 7) is 5.64. The molecule has 1 aliphatic carbocycles. The van der Waals surface area contributed by atoms with Gasteiger partial charge in [-0.1, -0.05) is 11.6 Å². The van der Waals surface area contributed by atoms with Crippen molar-refractivity contribution in [1.82, 2.24) is 9.29 Å². The summed E-state index contributed by atoms with van der Waals surface area (Å²) in [6.07, 6.45) is 5.73. The van der Waals surface area contributed by atoms with Crippen molar-refractivity contribution in [2.24, 2.45) is 0 Å². The molecule has 1 amide bonds. The minimum absolute atomic E-state index is 0.0390. The van der Waals surface area contributed by atoms with Crippen molar-refractivity contribution in [3.05, 3.63) is 52.8 Å². The molecular formula is C22H25ClN4O2S. The number of pyridine rings is 1. The number of hydrogen-bond acceptors (Lipinski definition) is 4. The molecule has 158 valence electrons. The van der Waals surface area contributed by atoms with Crippen LogP contribution in [0.3, 0.4) is 0 Å². The van der Waals surface area contributed by atoms with Crippen molar-refractivity contribution in [2.45, 2.75) is 43.5 Å². The average molecular weight is 445 g/mol. The zero-order chi connectivity index (χ0) is 21.2. The second kappa shape index (κ2) is 7.04. The molecule has 2 aliphatic heterocycles. The number of carbonyl (C=O) groups is 1. The maximum absolute atomic E-state index is 13.2. The van der Waals surface area contributed by atoms with Crippen molar-refractivity contribution in [3.63, 3.8) is 0 Å². The maximum Gasteiger partial charge on any atom is 0.259 e. The van der Waals surface area contributed by atoms with E-state index in [1.807, 2.05) is 39.2 Å². The Balaban J connectivity index is 1.38. The van der Waals surface area contributed by atoms with E-state index in [1.54, 1.807) is 23.2 Å². The van der Waals surface area contributed by atoms with Gasteiger partial charge in [-0.3, -0.25) is 14.7 Å². The van der Waals surface area contributed by atoms with Gasteiger partial charge in [-0.2, -0.15) is 0 Å². The molecule has 8 heteroatoms. The Bertz CT molecular complexity index is 1050. The van der Waals surface area contributed by atoms with Gasteiger partial charge in [0.15, 0.2) is 0 Å². The Labute approximate surface area is 184 Å². The minimum Gasteiger partial charge on any atom is -0.368 e. The molecule has 1 unspecified atom stereocenters. The predicted molar refractivity (Wildman–Crippen MR) is 120 cm³/mol. The summed E-state index contributed by atoms with van der Waals surface area (Å²) in [6, 6.07) is 7.74. The first-order chi connectivity index (χ1) is 14.3. The molecule has 0 spiro atoms. The first-order valence-electron chi connectivity index (χ1n) is 10.3. The highest BCUT2D eigenvalue weighted by molar-refractivity contribution is 7.83. The lowest BCUT2D eigenvalue weighted by Crippen LogP contribution is -2.59. The third-order valence-electron chi connectivity index (χ3n) is 6.45. The van der Waals surface area contributed by atoms with Crippen molar-refractivity contribution in [3.8, 4) is 0 Å². The molecule has 3 aliphatic rings. The number of anilines is 2. The Hall–Kier alpha value is -1.96. The van der Waals surface area contributed by atoms with E-state index in [-0.39, 0.29) is 5.91 Å². The fraction of sp³-hybridized carbons (Fsp3) is 0.455. The van der Waals surface area contributed by atoms with Gasteiger partial charge >= 0.3 is 0 Å². The third-order valence-corrected chi connectivity index (χ3v) is 8.53. The topological polar surface area (TPSA) is 56.8 Å². The van der Waals surface area contributed by atoms with Crippen LogP contribution in [0.5, 0.6) is 0 Å². The molecule has 1 saturated heterocycles. The fourth-order valence-electron chi connectivity index (χ4n) is 4.37. The highest BCUT2D eigenvalue weighted by Gasteiger charge is 2.44. The van der Waals surface area contributed by atoms with Crippen molar-refractivity contribution >= 4 is 39.9 Å². The number of amides is 1. The lowest BCUT2D eigenvalue weighted by molar-refractivity contribution is 0.0982. The maximum atomic E-state index is 13.2. The van der Waals surface area contributed by atoms with Gasteiger partial charge in [0.05, 0.1) is 46.3 Å². The number of fused-ring (bicyclic) bond motifs is 1. The molecule has 3 heterocycles. The van der Waals surface area contributed by atoms with E-state index >= 15 is 0 Å². The zero-order valence-corrected chi connectivity index (χ0v) is 18.9. The first-order valence-corrected chi connectivity index (χ1v) is 11.8. The minimum atomic E-state index is -0.831. The fourth-order valence-corrected chi connectivity index (χ4v) is 6.15. The SMILES string of the molecule is CN(c1cncc(N2C(=O)c3ccc(Cl)cc3C2(C)C)c1)C1CN(S(=O)C2CC2)C1. The van der Waals surface area contributed by atoms with Crippen molar-refractivity contribution in [2.75, 3.05) is 29.9 Å². The molecule has 1 aromatic heterocycles. The summed E-state index contributed by atoms with van der Waals surface area (Å²) in [7, 11) is 1.20. The summed E-state index contributed by atoms with van der Waals surface area (Å²) in [4.78, 5) is 21.6. The predicted octanol–water partition coefficient (Wildman–Crippen LogP) is 3.58. The molecule has 6 nitrogen and oxygen atoms in total. The van der Waals surface area contributed by atoms with E-state index in [0.29, 0.717) is 21.9 Å². The number of likely N-dealkylation sites (N-methyl/N-ethyl adjacent to an activating group) is 1. The van der Waals surface area contributed by atoms with Gasteiger partial charge in [0.25, 0.3) is 5.91 Å². The van der Waals surface area contributed by atoms with E-state index in [4.69, 9.17) is 11.6 Å². The van der Waals surface area contributed by atoms with Crippen LogP contribution in [0.15, 0.2) is 36.7 Å². The lowest BCUT2D eigenvalue weighted by atomic mass is 9.93. The standard InChI is InChI=1S/C22H25ClN4O2S/c1-22(2)20-8-14(23)4-7-19(20)21(28)27(22)16-9-15(10-24-11-16)25(3)17-12-26(13-17)30(29)18-5-6-18/h4,7-11,17-18H,5-6,12-13H2,1-3H3. The summed E-state index contributed by atoms with van der Waals surface area (Å²) >= 11 is 6.20. The Kier molecular flexibility index (Phi) is 4.69. The van der Waals surface area contributed by atoms with Gasteiger partial charge in [-0.25, -0.2) is 8.51 Å². The highest BCUT2D eigenvalue weighted by atomic mass is 35.5. The van der Waals surface area contributed by atoms with Crippen LogP contribution < -0.4 is 9.80 Å². The molecule has 2 fully saturated rings. The van der Waals surface area contributed by atoms with Crippen molar-refractivity contribution < 1.29 is 9.00 Å². The van der Waals surface area contributed by atoms with Gasteiger partial charge in [0, 0.05) is 36.0 Å².